The van der Waals surface area contributed by atoms with Gasteiger partial charge in [0.05, 0.1) is 0 Å². The highest BCUT2D eigenvalue weighted by Crippen LogP contribution is 2.26. The Kier molecular flexibility index (Phi) is 9.03. The quantitative estimate of drug-likeness (QED) is 0.383. The average Bonchev–Trinajstić information content (AvgIpc) is 2.53. The topological polar surface area (TPSA) is 65.5 Å². The van der Waals surface area contributed by atoms with E-state index in [1.165, 1.54) is 44.9 Å². The van der Waals surface area contributed by atoms with E-state index in [9.17, 15) is 4.79 Å². The van der Waals surface area contributed by atoms with Crippen LogP contribution in [-0.4, -0.2) is 38.5 Å². The van der Waals surface area contributed by atoms with Crippen molar-refractivity contribution in [2.24, 2.45) is 16.3 Å². The Morgan fingerprint density at radius 2 is 1.61 bits per heavy atom. The monoisotopic (exact) mass is 324 g/mol. The summed E-state index contributed by atoms with van der Waals surface area (Å²) >= 11 is 0. The Morgan fingerprint density at radius 1 is 1.00 bits per heavy atom. The van der Waals surface area contributed by atoms with Crippen molar-refractivity contribution in [3.05, 3.63) is 0 Å². The van der Waals surface area contributed by atoms with Crippen molar-refractivity contribution in [1.29, 1.82) is 0 Å². The number of hydrogen-bond donors (Lipinski definition) is 3. The van der Waals surface area contributed by atoms with Gasteiger partial charge in [-0.05, 0) is 18.8 Å². The molecule has 0 bridgehead atoms. The van der Waals surface area contributed by atoms with Crippen molar-refractivity contribution in [2.75, 3.05) is 26.7 Å². The lowest BCUT2D eigenvalue weighted by atomic mass is 9.86. The van der Waals surface area contributed by atoms with Crippen LogP contribution < -0.4 is 16.0 Å². The lowest BCUT2D eigenvalue weighted by Gasteiger charge is -2.21. The van der Waals surface area contributed by atoms with Crippen molar-refractivity contribution < 1.29 is 4.79 Å². The lowest BCUT2D eigenvalue weighted by Crippen LogP contribution is -2.43. The summed E-state index contributed by atoms with van der Waals surface area (Å²) in [6.45, 7) is 8.02. The van der Waals surface area contributed by atoms with Crippen LogP contribution in [0.15, 0.2) is 4.99 Å². The molecule has 5 nitrogen and oxygen atoms in total. The van der Waals surface area contributed by atoms with E-state index in [1.807, 2.05) is 20.8 Å². The third kappa shape index (κ3) is 8.82. The Hall–Kier alpha value is -1.26. The van der Waals surface area contributed by atoms with Crippen LogP contribution >= 0.6 is 0 Å². The number of nitrogens with one attached hydrogen (secondary N) is 3. The predicted octanol–water partition coefficient (Wildman–Crippen LogP) is 2.67. The van der Waals surface area contributed by atoms with Crippen LogP contribution in [0.4, 0.5) is 0 Å². The van der Waals surface area contributed by atoms with Crippen LogP contribution in [0.25, 0.3) is 0 Å². The second kappa shape index (κ2) is 10.5. The number of carbonyl (C=O) groups is 1. The summed E-state index contributed by atoms with van der Waals surface area (Å²) in [7, 11) is 1.78. The number of hydrogen-bond acceptors (Lipinski definition) is 2. The molecule has 0 heterocycles. The predicted molar refractivity (Wildman–Crippen MR) is 97.6 cm³/mol. The zero-order valence-corrected chi connectivity index (χ0v) is 15.5. The highest BCUT2D eigenvalue weighted by molar-refractivity contribution is 5.81. The minimum atomic E-state index is -0.334. The van der Waals surface area contributed by atoms with E-state index < -0.39 is 0 Å². The molecule has 0 aliphatic heterocycles. The van der Waals surface area contributed by atoms with Crippen LogP contribution in [-0.2, 0) is 4.79 Å². The molecule has 0 spiro atoms. The van der Waals surface area contributed by atoms with E-state index >= 15 is 0 Å². The summed E-state index contributed by atoms with van der Waals surface area (Å²) in [4.78, 5) is 16.0. The molecule has 1 saturated carbocycles. The first-order valence-corrected chi connectivity index (χ1v) is 9.16. The molecule has 3 N–H and O–H groups in total. The molecule has 0 saturated heterocycles. The van der Waals surface area contributed by atoms with Gasteiger partial charge in [0.25, 0.3) is 0 Å². The molecule has 0 radical (unpaired) electrons. The summed E-state index contributed by atoms with van der Waals surface area (Å²) in [6, 6.07) is 0. The Bertz CT molecular complexity index is 368. The van der Waals surface area contributed by atoms with Crippen LogP contribution in [0, 0.1) is 11.3 Å². The molecule has 23 heavy (non-hydrogen) atoms. The van der Waals surface area contributed by atoms with Crippen molar-refractivity contribution >= 4 is 11.9 Å². The molecule has 134 valence electrons. The third-order valence-electron chi connectivity index (χ3n) is 4.41. The van der Waals surface area contributed by atoms with Crippen LogP contribution in [0.3, 0.4) is 0 Å². The molecule has 0 unspecified atom stereocenters. The maximum absolute atomic E-state index is 11.8. The van der Waals surface area contributed by atoms with E-state index in [2.05, 4.69) is 20.9 Å². The van der Waals surface area contributed by atoms with E-state index in [4.69, 9.17) is 0 Å². The van der Waals surface area contributed by atoms with Gasteiger partial charge in [0, 0.05) is 32.1 Å². The first-order valence-electron chi connectivity index (χ1n) is 9.16. The highest BCUT2D eigenvalue weighted by atomic mass is 16.2. The summed E-state index contributed by atoms with van der Waals surface area (Å²) in [6.07, 6.45) is 9.62. The number of carbonyl (C=O) groups excluding carboxylic acids is 1. The third-order valence-corrected chi connectivity index (χ3v) is 4.41. The standard InChI is InChI=1S/C18H36N4O/c1-18(2,3)16(23)20-13-14-22-17(19-4)21-12-8-11-15-9-6-5-7-10-15/h15H,5-14H2,1-4H3,(H,20,23)(H2,19,21,22). The Labute approximate surface area is 142 Å². The van der Waals surface area contributed by atoms with E-state index in [-0.39, 0.29) is 11.3 Å². The first-order chi connectivity index (χ1) is 10.9. The molecule has 0 aromatic carbocycles. The molecule has 5 heteroatoms. The van der Waals surface area contributed by atoms with Gasteiger partial charge in [-0.3, -0.25) is 9.79 Å². The van der Waals surface area contributed by atoms with Crippen molar-refractivity contribution in [2.45, 2.75) is 65.7 Å². The molecule has 0 aromatic rings. The molecule has 0 aromatic heterocycles. The van der Waals surface area contributed by atoms with E-state index in [0.717, 1.165) is 18.4 Å². The van der Waals surface area contributed by atoms with Crippen molar-refractivity contribution in [3.8, 4) is 0 Å². The first kappa shape index (κ1) is 19.8. The van der Waals surface area contributed by atoms with Gasteiger partial charge < -0.3 is 16.0 Å². The number of rotatable bonds is 7. The Morgan fingerprint density at radius 3 is 2.22 bits per heavy atom. The van der Waals surface area contributed by atoms with Crippen LogP contribution in [0.1, 0.15) is 65.7 Å². The van der Waals surface area contributed by atoms with Gasteiger partial charge in [-0.1, -0.05) is 52.9 Å². The fourth-order valence-electron chi connectivity index (χ4n) is 2.92. The number of guanidine groups is 1. The normalized spacial score (nSPS) is 17.0. The number of amides is 1. The number of nitrogens with zero attached hydrogens (tertiary/aromatic N) is 1. The van der Waals surface area contributed by atoms with E-state index in [0.29, 0.717) is 13.1 Å². The van der Waals surface area contributed by atoms with Gasteiger partial charge in [-0.15, -0.1) is 0 Å². The minimum Gasteiger partial charge on any atom is -0.356 e. The summed E-state index contributed by atoms with van der Waals surface area (Å²) in [5.74, 6) is 1.83. The second-order valence-corrected chi connectivity index (χ2v) is 7.58. The van der Waals surface area contributed by atoms with Crippen molar-refractivity contribution in [3.63, 3.8) is 0 Å². The van der Waals surface area contributed by atoms with Crippen molar-refractivity contribution in [1.82, 2.24) is 16.0 Å². The molecule has 1 aliphatic rings. The minimum absolute atomic E-state index is 0.0785. The van der Waals surface area contributed by atoms with Gasteiger partial charge in [0.15, 0.2) is 5.96 Å². The zero-order chi connectivity index (χ0) is 17.1. The summed E-state index contributed by atoms with van der Waals surface area (Å²) < 4.78 is 0. The second-order valence-electron chi connectivity index (χ2n) is 7.58. The maximum atomic E-state index is 11.8. The fraction of sp³-hybridized carbons (Fsp3) is 0.889. The zero-order valence-electron chi connectivity index (χ0n) is 15.5. The number of aliphatic imine (C=N–C) groups is 1. The highest BCUT2D eigenvalue weighted by Gasteiger charge is 2.20. The van der Waals surface area contributed by atoms with E-state index in [1.54, 1.807) is 7.05 Å². The molecule has 1 rings (SSSR count). The van der Waals surface area contributed by atoms with Crippen LogP contribution in [0.5, 0.6) is 0 Å². The van der Waals surface area contributed by atoms with Gasteiger partial charge >= 0.3 is 0 Å². The smallest absolute Gasteiger partial charge is 0.225 e. The summed E-state index contributed by atoms with van der Waals surface area (Å²) in [5, 5.41) is 9.52. The molecular formula is C18H36N4O. The molecule has 1 fully saturated rings. The van der Waals surface area contributed by atoms with Gasteiger partial charge in [0.2, 0.25) is 5.91 Å². The molecule has 1 aliphatic carbocycles. The molecule has 1 amide bonds. The fourth-order valence-corrected chi connectivity index (χ4v) is 2.92. The van der Waals surface area contributed by atoms with Gasteiger partial charge in [-0.25, -0.2) is 0 Å². The average molecular weight is 325 g/mol. The largest absolute Gasteiger partial charge is 0.356 e. The lowest BCUT2D eigenvalue weighted by molar-refractivity contribution is -0.128. The maximum Gasteiger partial charge on any atom is 0.225 e. The van der Waals surface area contributed by atoms with Crippen LogP contribution in [0.2, 0.25) is 0 Å². The molecular weight excluding hydrogens is 288 g/mol. The Balaban J connectivity index is 2.06. The summed E-state index contributed by atoms with van der Waals surface area (Å²) in [5.41, 5.74) is -0.334. The SMILES string of the molecule is CN=C(NCCCC1CCCCC1)NCCNC(=O)C(C)(C)C. The van der Waals surface area contributed by atoms with Gasteiger partial charge in [-0.2, -0.15) is 0 Å². The van der Waals surface area contributed by atoms with Gasteiger partial charge in [0.1, 0.15) is 0 Å². The molecule has 0 atom stereocenters.